The first-order chi connectivity index (χ1) is 8.63. The van der Waals surface area contributed by atoms with Crippen molar-refractivity contribution in [3.8, 4) is 11.5 Å². The molecule has 7 heteroatoms. The number of nitrogens with one attached hydrogen (secondary N) is 1. The number of nitrogens with zero attached hydrogens (tertiary/aromatic N) is 1. The average Bonchev–Trinajstić information content (AvgIpc) is 2.76. The van der Waals surface area contributed by atoms with Crippen LogP contribution in [0.25, 0.3) is 10.2 Å². The van der Waals surface area contributed by atoms with Crippen molar-refractivity contribution in [1.82, 2.24) is 10.3 Å². The molecule has 0 aliphatic heterocycles. The highest BCUT2D eigenvalue weighted by Crippen LogP contribution is 2.34. The van der Waals surface area contributed by atoms with Crippen LogP contribution in [0.2, 0.25) is 0 Å². The SMILES string of the molecule is COc1cc2nc(CNC(=O)O)sc2cc1OC. The number of amides is 1. The molecule has 2 aromatic rings. The van der Waals surface area contributed by atoms with Crippen molar-refractivity contribution in [1.29, 1.82) is 0 Å². The number of ether oxygens (including phenoxy) is 2. The van der Waals surface area contributed by atoms with Gasteiger partial charge in [-0.25, -0.2) is 9.78 Å². The first kappa shape index (κ1) is 12.4. The Hall–Kier alpha value is -2.02. The lowest BCUT2D eigenvalue weighted by molar-refractivity contribution is 0.194. The number of aromatic nitrogens is 1. The third kappa shape index (κ3) is 2.45. The molecule has 0 saturated carbocycles. The first-order valence-corrected chi connectivity index (χ1v) is 5.94. The van der Waals surface area contributed by atoms with Gasteiger partial charge in [-0.15, -0.1) is 11.3 Å². The summed E-state index contributed by atoms with van der Waals surface area (Å²) in [6.45, 7) is 0.194. The normalized spacial score (nSPS) is 10.3. The molecule has 0 unspecified atom stereocenters. The van der Waals surface area contributed by atoms with E-state index in [1.165, 1.54) is 11.3 Å². The Balaban J connectivity index is 2.35. The summed E-state index contributed by atoms with van der Waals surface area (Å²) in [6.07, 6.45) is -1.07. The van der Waals surface area contributed by atoms with Gasteiger partial charge in [0.2, 0.25) is 0 Å². The van der Waals surface area contributed by atoms with Crippen molar-refractivity contribution in [3.63, 3.8) is 0 Å². The van der Waals surface area contributed by atoms with Gasteiger partial charge < -0.3 is 19.9 Å². The molecule has 0 saturated heterocycles. The van der Waals surface area contributed by atoms with Gasteiger partial charge in [-0.05, 0) is 0 Å². The number of hydrogen-bond acceptors (Lipinski definition) is 5. The maximum absolute atomic E-state index is 10.4. The quantitative estimate of drug-likeness (QED) is 0.887. The fraction of sp³-hybridized carbons (Fsp3) is 0.273. The Labute approximate surface area is 107 Å². The maximum atomic E-state index is 10.4. The van der Waals surface area contributed by atoms with E-state index >= 15 is 0 Å². The molecule has 1 heterocycles. The summed E-state index contributed by atoms with van der Waals surface area (Å²) in [6, 6.07) is 3.60. The molecule has 1 amide bonds. The highest BCUT2D eigenvalue weighted by atomic mass is 32.1. The molecule has 0 atom stereocenters. The minimum Gasteiger partial charge on any atom is -0.493 e. The summed E-state index contributed by atoms with van der Waals surface area (Å²) >= 11 is 1.42. The zero-order chi connectivity index (χ0) is 13.1. The van der Waals surface area contributed by atoms with Crippen molar-refractivity contribution in [2.24, 2.45) is 0 Å². The van der Waals surface area contributed by atoms with E-state index in [0.717, 1.165) is 10.2 Å². The van der Waals surface area contributed by atoms with E-state index < -0.39 is 6.09 Å². The predicted molar refractivity (Wildman–Crippen MR) is 67.6 cm³/mol. The number of methoxy groups -OCH3 is 2. The van der Waals surface area contributed by atoms with Gasteiger partial charge in [0.25, 0.3) is 0 Å². The third-order valence-corrected chi connectivity index (χ3v) is 3.35. The van der Waals surface area contributed by atoms with Crippen LogP contribution in [0.1, 0.15) is 5.01 Å². The minimum atomic E-state index is -1.07. The zero-order valence-electron chi connectivity index (χ0n) is 9.89. The molecule has 0 aliphatic carbocycles. The first-order valence-electron chi connectivity index (χ1n) is 5.12. The molecule has 0 aliphatic rings. The van der Waals surface area contributed by atoms with Crippen LogP contribution in [0.4, 0.5) is 4.79 Å². The van der Waals surface area contributed by atoms with Crippen molar-refractivity contribution in [3.05, 3.63) is 17.1 Å². The lowest BCUT2D eigenvalue weighted by Gasteiger charge is -2.05. The molecule has 0 fully saturated rings. The average molecular weight is 268 g/mol. The summed E-state index contributed by atoms with van der Waals surface area (Å²) < 4.78 is 11.3. The molecular formula is C11H12N2O4S. The summed E-state index contributed by atoms with van der Waals surface area (Å²) in [4.78, 5) is 14.7. The fourth-order valence-electron chi connectivity index (χ4n) is 1.53. The van der Waals surface area contributed by atoms with Gasteiger partial charge in [0.05, 0.1) is 31.0 Å². The zero-order valence-corrected chi connectivity index (χ0v) is 10.7. The van der Waals surface area contributed by atoms with E-state index in [0.29, 0.717) is 16.5 Å². The van der Waals surface area contributed by atoms with Crippen molar-refractivity contribution in [2.45, 2.75) is 6.54 Å². The fourth-order valence-corrected chi connectivity index (χ4v) is 2.45. The number of hydrogen-bond donors (Lipinski definition) is 2. The van der Waals surface area contributed by atoms with Gasteiger partial charge in [0, 0.05) is 12.1 Å². The Bertz CT molecular complexity index is 541. The lowest BCUT2D eigenvalue weighted by Crippen LogP contribution is -2.19. The van der Waals surface area contributed by atoms with Crippen LogP contribution in [0.5, 0.6) is 11.5 Å². The second kappa shape index (κ2) is 5.09. The van der Waals surface area contributed by atoms with Crippen LogP contribution in [-0.4, -0.2) is 30.4 Å². The van der Waals surface area contributed by atoms with Gasteiger partial charge in [0.15, 0.2) is 11.5 Å². The van der Waals surface area contributed by atoms with Crippen molar-refractivity contribution in [2.75, 3.05) is 14.2 Å². The molecule has 0 radical (unpaired) electrons. The third-order valence-electron chi connectivity index (χ3n) is 2.33. The van der Waals surface area contributed by atoms with Gasteiger partial charge in [-0.1, -0.05) is 0 Å². The number of benzene rings is 1. The molecule has 1 aromatic heterocycles. The predicted octanol–water partition coefficient (Wildman–Crippen LogP) is 2.08. The Morgan fingerprint density at radius 1 is 1.39 bits per heavy atom. The smallest absolute Gasteiger partial charge is 0.405 e. The number of carboxylic acid groups (broad SMARTS) is 1. The Kier molecular flexibility index (Phi) is 3.52. The highest BCUT2D eigenvalue weighted by molar-refractivity contribution is 7.18. The largest absolute Gasteiger partial charge is 0.493 e. The monoisotopic (exact) mass is 268 g/mol. The van der Waals surface area contributed by atoms with Crippen molar-refractivity contribution >= 4 is 27.6 Å². The number of rotatable bonds is 4. The molecule has 6 nitrogen and oxygen atoms in total. The summed E-state index contributed by atoms with van der Waals surface area (Å²) in [5.74, 6) is 1.24. The molecule has 2 N–H and O–H groups in total. The van der Waals surface area contributed by atoms with E-state index in [1.807, 2.05) is 6.07 Å². The number of thiazole rings is 1. The summed E-state index contributed by atoms with van der Waals surface area (Å²) in [5.41, 5.74) is 0.764. The number of carbonyl (C=O) groups is 1. The molecule has 18 heavy (non-hydrogen) atoms. The van der Waals surface area contributed by atoms with Crippen LogP contribution in [0, 0.1) is 0 Å². The number of fused-ring (bicyclic) bond motifs is 1. The van der Waals surface area contributed by atoms with Crippen LogP contribution < -0.4 is 14.8 Å². The van der Waals surface area contributed by atoms with E-state index in [9.17, 15) is 4.79 Å². The van der Waals surface area contributed by atoms with Gasteiger partial charge in [-0.2, -0.15) is 0 Å². The highest BCUT2D eigenvalue weighted by Gasteiger charge is 2.10. The molecule has 96 valence electrons. The lowest BCUT2D eigenvalue weighted by atomic mass is 10.3. The van der Waals surface area contributed by atoms with Crippen molar-refractivity contribution < 1.29 is 19.4 Å². The van der Waals surface area contributed by atoms with Crippen LogP contribution in [-0.2, 0) is 6.54 Å². The van der Waals surface area contributed by atoms with Crippen LogP contribution in [0.15, 0.2) is 12.1 Å². The summed E-state index contributed by atoms with van der Waals surface area (Å²) in [5, 5.41) is 11.5. The minimum absolute atomic E-state index is 0.194. The molecular weight excluding hydrogens is 256 g/mol. The van der Waals surface area contributed by atoms with Gasteiger partial charge in [0.1, 0.15) is 5.01 Å². The molecule has 1 aromatic carbocycles. The van der Waals surface area contributed by atoms with E-state index in [4.69, 9.17) is 14.6 Å². The Morgan fingerprint density at radius 3 is 2.67 bits per heavy atom. The van der Waals surface area contributed by atoms with E-state index in [-0.39, 0.29) is 6.54 Å². The van der Waals surface area contributed by atoms with E-state index in [2.05, 4.69) is 10.3 Å². The second-order valence-electron chi connectivity index (χ2n) is 3.44. The van der Waals surface area contributed by atoms with E-state index in [1.54, 1.807) is 20.3 Å². The van der Waals surface area contributed by atoms with Crippen LogP contribution >= 0.6 is 11.3 Å². The molecule has 0 bridgehead atoms. The van der Waals surface area contributed by atoms with Gasteiger partial charge >= 0.3 is 6.09 Å². The molecule has 2 rings (SSSR count). The Morgan fingerprint density at radius 2 is 2.06 bits per heavy atom. The summed E-state index contributed by atoms with van der Waals surface area (Å²) in [7, 11) is 3.13. The maximum Gasteiger partial charge on any atom is 0.405 e. The van der Waals surface area contributed by atoms with Gasteiger partial charge in [-0.3, -0.25) is 0 Å². The van der Waals surface area contributed by atoms with Crippen LogP contribution in [0.3, 0.4) is 0 Å². The topological polar surface area (TPSA) is 80.7 Å². The second-order valence-corrected chi connectivity index (χ2v) is 4.56. The molecule has 0 spiro atoms. The standard InChI is InChI=1S/C11H12N2O4S/c1-16-7-3-6-9(4-8(7)17-2)18-10(13-6)5-12-11(14)15/h3-4,12H,5H2,1-2H3,(H,14,15).